The maximum absolute atomic E-state index is 14.7. The number of hydrogen-bond acceptors (Lipinski definition) is 4. The summed E-state index contributed by atoms with van der Waals surface area (Å²) in [5.41, 5.74) is 4.56. The maximum Gasteiger partial charge on any atom is 0.225 e. The van der Waals surface area contributed by atoms with Crippen LogP contribution < -0.4 is 15.5 Å². The van der Waals surface area contributed by atoms with E-state index in [1.165, 1.54) is 11.3 Å². The van der Waals surface area contributed by atoms with Crippen molar-refractivity contribution in [1.82, 2.24) is 10.2 Å². The third-order valence-electron chi connectivity index (χ3n) is 5.88. The monoisotopic (exact) mass is 396 g/mol. The third kappa shape index (κ3) is 4.77. The van der Waals surface area contributed by atoms with Crippen molar-refractivity contribution in [3.63, 3.8) is 0 Å². The molecule has 2 aromatic carbocycles. The largest absolute Gasteiger partial charge is 0.369 e. The van der Waals surface area contributed by atoms with Gasteiger partial charge in [0.1, 0.15) is 5.82 Å². The van der Waals surface area contributed by atoms with Crippen LogP contribution in [-0.2, 0) is 17.8 Å². The third-order valence-corrected chi connectivity index (χ3v) is 5.88. The van der Waals surface area contributed by atoms with E-state index in [2.05, 4.69) is 51.6 Å². The number of fused-ring (bicyclic) bond motifs is 1. The Bertz CT molecular complexity index is 877. The second kappa shape index (κ2) is 8.93. The van der Waals surface area contributed by atoms with Crippen molar-refractivity contribution < 1.29 is 9.18 Å². The summed E-state index contributed by atoms with van der Waals surface area (Å²) in [6, 6.07) is 12.2. The molecule has 154 valence electrons. The van der Waals surface area contributed by atoms with E-state index in [0.717, 1.165) is 43.9 Å². The molecule has 6 heteroatoms. The van der Waals surface area contributed by atoms with Gasteiger partial charge in [-0.2, -0.15) is 0 Å². The summed E-state index contributed by atoms with van der Waals surface area (Å²) in [6.07, 6.45) is 1.04. The van der Waals surface area contributed by atoms with Gasteiger partial charge in [-0.25, -0.2) is 4.39 Å². The molecule has 0 saturated carbocycles. The summed E-state index contributed by atoms with van der Waals surface area (Å²) >= 11 is 0. The van der Waals surface area contributed by atoms with Crippen molar-refractivity contribution >= 4 is 17.3 Å². The minimum Gasteiger partial charge on any atom is -0.369 e. The number of piperazine rings is 1. The zero-order chi connectivity index (χ0) is 20.2. The molecule has 0 radical (unpaired) electrons. The topological polar surface area (TPSA) is 47.6 Å². The van der Waals surface area contributed by atoms with E-state index in [4.69, 9.17) is 0 Å². The smallest absolute Gasteiger partial charge is 0.225 e. The highest BCUT2D eigenvalue weighted by Gasteiger charge is 2.20. The number of nitrogens with one attached hydrogen (secondary N) is 2. The Morgan fingerprint density at radius 1 is 1.17 bits per heavy atom. The zero-order valence-corrected chi connectivity index (χ0v) is 17.0. The number of carbonyl (C=O) groups excluding carboxylic acids is 1. The average Bonchev–Trinajstić information content (AvgIpc) is 2.75. The molecule has 1 amide bonds. The van der Waals surface area contributed by atoms with Crippen LogP contribution >= 0.6 is 0 Å². The highest BCUT2D eigenvalue weighted by molar-refractivity contribution is 5.91. The highest BCUT2D eigenvalue weighted by Crippen LogP contribution is 2.24. The molecular weight excluding hydrogens is 367 g/mol. The summed E-state index contributed by atoms with van der Waals surface area (Å²) in [6.45, 7) is 8.05. The lowest BCUT2D eigenvalue weighted by molar-refractivity contribution is -0.116. The molecule has 2 N–H and O–H groups in total. The van der Waals surface area contributed by atoms with Crippen LogP contribution in [0.5, 0.6) is 0 Å². The van der Waals surface area contributed by atoms with Gasteiger partial charge in [0.15, 0.2) is 0 Å². The van der Waals surface area contributed by atoms with E-state index in [1.54, 1.807) is 6.07 Å². The molecule has 2 aliphatic heterocycles. The summed E-state index contributed by atoms with van der Waals surface area (Å²) < 4.78 is 14.7. The Morgan fingerprint density at radius 3 is 2.79 bits per heavy atom. The number of anilines is 2. The van der Waals surface area contributed by atoms with E-state index in [-0.39, 0.29) is 11.7 Å². The Morgan fingerprint density at radius 2 is 2.00 bits per heavy atom. The van der Waals surface area contributed by atoms with Crippen molar-refractivity contribution in [2.45, 2.75) is 26.3 Å². The average molecular weight is 397 g/mol. The zero-order valence-electron chi connectivity index (χ0n) is 17.0. The second-order valence-electron chi connectivity index (χ2n) is 7.96. The summed E-state index contributed by atoms with van der Waals surface area (Å²) in [7, 11) is 0. The van der Waals surface area contributed by atoms with Gasteiger partial charge >= 0.3 is 0 Å². The fraction of sp³-hybridized carbons (Fsp3) is 0.435. The molecule has 0 bridgehead atoms. The van der Waals surface area contributed by atoms with Gasteiger partial charge in [-0.05, 0) is 54.8 Å². The van der Waals surface area contributed by atoms with Gasteiger partial charge < -0.3 is 15.5 Å². The molecule has 4 rings (SSSR count). The van der Waals surface area contributed by atoms with E-state index in [0.29, 0.717) is 31.6 Å². The molecule has 2 aliphatic rings. The highest BCUT2D eigenvalue weighted by atomic mass is 19.1. The molecule has 0 unspecified atom stereocenters. The molecule has 0 aliphatic carbocycles. The Balaban J connectivity index is 1.26. The molecule has 0 spiro atoms. The second-order valence-corrected chi connectivity index (χ2v) is 7.96. The SMILES string of the molecule is Cc1cccc(N2CCN(CCC(=O)Nc3ccc4c(c3F)CCNC4)CC2)c1. The first-order valence-corrected chi connectivity index (χ1v) is 10.4. The van der Waals surface area contributed by atoms with E-state index in [9.17, 15) is 9.18 Å². The molecule has 1 saturated heterocycles. The Hall–Kier alpha value is -2.44. The van der Waals surface area contributed by atoms with Crippen LogP contribution in [-0.4, -0.2) is 50.1 Å². The maximum atomic E-state index is 14.7. The lowest BCUT2D eigenvalue weighted by atomic mass is 9.99. The molecule has 5 nitrogen and oxygen atoms in total. The normalized spacial score (nSPS) is 17.1. The van der Waals surface area contributed by atoms with Gasteiger partial charge in [0.05, 0.1) is 5.69 Å². The first kappa shape index (κ1) is 19.9. The summed E-state index contributed by atoms with van der Waals surface area (Å²) in [4.78, 5) is 17.1. The standard InChI is InChI=1S/C23H29FN4O/c1-17-3-2-4-19(15-17)28-13-11-27(12-14-28)10-8-22(29)26-21-6-5-18-16-25-9-7-20(18)23(21)24/h2-6,15,25H,7-14,16H2,1H3,(H,26,29). The van der Waals surface area contributed by atoms with Crippen LogP contribution in [0.4, 0.5) is 15.8 Å². The lowest BCUT2D eigenvalue weighted by Crippen LogP contribution is -2.47. The molecular formula is C23H29FN4O. The predicted octanol–water partition coefficient (Wildman–Crippen LogP) is 2.93. The van der Waals surface area contributed by atoms with Crippen LogP contribution in [0.25, 0.3) is 0 Å². The predicted molar refractivity (Wildman–Crippen MR) is 115 cm³/mol. The van der Waals surface area contributed by atoms with Gasteiger partial charge in [-0.3, -0.25) is 9.69 Å². The van der Waals surface area contributed by atoms with Gasteiger partial charge in [0, 0.05) is 51.4 Å². The van der Waals surface area contributed by atoms with Crippen molar-refractivity contribution in [2.24, 2.45) is 0 Å². The van der Waals surface area contributed by atoms with Gasteiger partial charge in [-0.1, -0.05) is 18.2 Å². The van der Waals surface area contributed by atoms with Crippen molar-refractivity contribution in [3.05, 3.63) is 58.9 Å². The van der Waals surface area contributed by atoms with Crippen LogP contribution in [0.3, 0.4) is 0 Å². The number of nitrogens with zero attached hydrogens (tertiary/aromatic N) is 2. The summed E-state index contributed by atoms with van der Waals surface area (Å²) in [5.74, 6) is -0.400. The van der Waals surface area contributed by atoms with Crippen LogP contribution in [0.15, 0.2) is 36.4 Å². The number of rotatable bonds is 5. The first-order valence-electron chi connectivity index (χ1n) is 10.4. The lowest BCUT2D eigenvalue weighted by Gasteiger charge is -2.36. The van der Waals surface area contributed by atoms with Crippen LogP contribution in [0.1, 0.15) is 23.1 Å². The Kier molecular flexibility index (Phi) is 6.11. The minimum absolute atomic E-state index is 0.126. The number of halogens is 1. The van der Waals surface area contributed by atoms with Crippen LogP contribution in [0, 0.1) is 12.7 Å². The molecule has 1 fully saturated rings. The minimum atomic E-state index is -0.274. The quantitative estimate of drug-likeness (QED) is 0.816. The molecule has 2 heterocycles. The summed E-state index contributed by atoms with van der Waals surface area (Å²) in [5, 5.41) is 6.01. The first-order chi connectivity index (χ1) is 14.1. The molecule has 2 aromatic rings. The number of carbonyl (C=O) groups is 1. The molecule has 0 atom stereocenters. The van der Waals surface area contributed by atoms with Gasteiger partial charge in [0.2, 0.25) is 5.91 Å². The van der Waals surface area contributed by atoms with E-state index >= 15 is 0 Å². The number of hydrogen-bond donors (Lipinski definition) is 2. The van der Waals surface area contributed by atoms with Crippen molar-refractivity contribution in [1.29, 1.82) is 0 Å². The van der Waals surface area contributed by atoms with Gasteiger partial charge in [0.25, 0.3) is 0 Å². The number of amides is 1. The van der Waals surface area contributed by atoms with Crippen molar-refractivity contribution in [2.75, 3.05) is 49.5 Å². The fourth-order valence-corrected chi connectivity index (χ4v) is 4.16. The molecule has 0 aromatic heterocycles. The van der Waals surface area contributed by atoms with Crippen LogP contribution in [0.2, 0.25) is 0 Å². The van der Waals surface area contributed by atoms with E-state index < -0.39 is 0 Å². The fourth-order valence-electron chi connectivity index (χ4n) is 4.16. The van der Waals surface area contributed by atoms with Crippen molar-refractivity contribution in [3.8, 4) is 0 Å². The number of benzene rings is 2. The number of aryl methyl sites for hydroxylation is 1. The van der Waals surface area contributed by atoms with E-state index in [1.807, 2.05) is 6.07 Å². The Labute approximate surface area is 171 Å². The van der Waals surface area contributed by atoms with Gasteiger partial charge in [-0.15, -0.1) is 0 Å². The molecule has 29 heavy (non-hydrogen) atoms.